The van der Waals surface area contributed by atoms with E-state index < -0.39 is 22.2 Å². The van der Waals surface area contributed by atoms with E-state index in [4.69, 9.17) is 0 Å². The molecular formula is C11H20N2O4S. The SMILES string of the molecule is CS(=O)(=O)N1CCCCC1C(=O)N1CC[C@@H](O)C1. The minimum atomic E-state index is -3.34. The van der Waals surface area contributed by atoms with Gasteiger partial charge in [0, 0.05) is 19.6 Å². The molecule has 2 saturated heterocycles. The molecule has 0 spiro atoms. The molecule has 0 aliphatic carbocycles. The second-order valence-corrected chi connectivity index (χ2v) is 7.05. The summed E-state index contributed by atoms with van der Waals surface area (Å²) in [6.45, 7) is 1.27. The first-order chi connectivity index (χ1) is 8.39. The molecule has 7 heteroatoms. The lowest BCUT2D eigenvalue weighted by Crippen LogP contribution is -2.52. The molecule has 2 atom stereocenters. The first-order valence-electron chi connectivity index (χ1n) is 6.33. The fourth-order valence-electron chi connectivity index (χ4n) is 2.70. The maximum Gasteiger partial charge on any atom is 0.241 e. The van der Waals surface area contributed by atoms with Crippen LogP contribution in [-0.4, -0.2) is 66.7 Å². The van der Waals surface area contributed by atoms with Gasteiger partial charge in [-0.1, -0.05) is 6.42 Å². The van der Waals surface area contributed by atoms with Gasteiger partial charge in [0.05, 0.1) is 12.4 Å². The second-order valence-electron chi connectivity index (χ2n) is 5.11. The van der Waals surface area contributed by atoms with Gasteiger partial charge in [-0.15, -0.1) is 0 Å². The number of likely N-dealkylation sites (tertiary alicyclic amines) is 1. The Kier molecular flexibility index (Phi) is 3.93. The normalized spacial score (nSPS) is 30.7. The Hall–Kier alpha value is -0.660. The molecule has 0 aromatic carbocycles. The van der Waals surface area contributed by atoms with Crippen molar-refractivity contribution < 1.29 is 18.3 Å². The van der Waals surface area contributed by atoms with Gasteiger partial charge in [0.1, 0.15) is 6.04 Å². The van der Waals surface area contributed by atoms with Crippen molar-refractivity contribution in [3.8, 4) is 0 Å². The number of rotatable bonds is 2. The van der Waals surface area contributed by atoms with E-state index in [1.807, 2.05) is 0 Å². The Labute approximate surface area is 108 Å². The molecule has 0 bridgehead atoms. The number of aliphatic hydroxyl groups is 1. The molecule has 2 aliphatic heterocycles. The van der Waals surface area contributed by atoms with Crippen LogP contribution in [0.1, 0.15) is 25.7 Å². The quantitative estimate of drug-likeness (QED) is 0.730. The van der Waals surface area contributed by atoms with E-state index in [1.54, 1.807) is 4.90 Å². The third-order valence-electron chi connectivity index (χ3n) is 3.64. The number of sulfonamides is 1. The van der Waals surface area contributed by atoms with Crippen molar-refractivity contribution >= 4 is 15.9 Å². The van der Waals surface area contributed by atoms with Gasteiger partial charge in [0.2, 0.25) is 15.9 Å². The van der Waals surface area contributed by atoms with Crippen LogP contribution in [0.15, 0.2) is 0 Å². The predicted octanol–water partition coefficient (Wildman–Crippen LogP) is -0.606. The topological polar surface area (TPSA) is 77.9 Å². The highest BCUT2D eigenvalue weighted by molar-refractivity contribution is 7.88. The van der Waals surface area contributed by atoms with Crippen LogP contribution in [0, 0.1) is 0 Å². The van der Waals surface area contributed by atoms with Crippen LogP contribution in [0.3, 0.4) is 0 Å². The number of hydrogen-bond acceptors (Lipinski definition) is 4. The fourth-order valence-corrected chi connectivity index (χ4v) is 3.82. The summed E-state index contributed by atoms with van der Waals surface area (Å²) in [6, 6.07) is -0.570. The summed E-state index contributed by atoms with van der Waals surface area (Å²) in [7, 11) is -3.34. The average Bonchev–Trinajstić information content (AvgIpc) is 2.74. The number of amides is 1. The van der Waals surface area contributed by atoms with Crippen molar-refractivity contribution in [3.05, 3.63) is 0 Å². The van der Waals surface area contributed by atoms with Crippen molar-refractivity contribution in [1.82, 2.24) is 9.21 Å². The molecule has 0 radical (unpaired) electrons. The van der Waals surface area contributed by atoms with Crippen molar-refractivity contribution in [3.63, 3.8) is 0 Å². The van der Waals surface area contributed by atoms with Crippen LogP contribution >= 0.6 is 0 Å². The van der Waals surface area contributed by atoms with Crippen LogP contribution in [0.2, 0.25) is 0 Å². The fraction of sp³-hybridized carbons (Fsp3) is 0.909. The smallest absolute Gasteiger partial charge is 0.241 e. The van der Waals surface area contributed by atoms with Gasteiger partial charge in [0.25, 0.3) is 0 Å². The third kappa shape index (κ3) is 2.84. The van der Waals surface area contributed by atoms with Crippen molar-refractivity contribution in [2.24, 2.45) is 0 Å². The number of β-amino-alcohol motifs (C(OH)–C–C–N with tert-alkyl or cyclic N) is 1. The van der Waals surface area contributed by atoms with E-state index in [0.717, 1.165) is 19.1 Å². The summed E-state index contributed by atoms with van der Waals surface area (Å²) in [5.41, 5.74) is 0. The largest absolute Gasteiger partial charge is 0.391 e. The summed E-state index contributed by atoms with van der Waals surface area (Å²) in [5.74, 6) is -0.156. The summed E-state index contributed by atoms with van der Waals surface area (Å²) < 4.78 is 24.7. The number of carbonyl (C=O) groups is 1. The Balaban J connectivity index is 2.11. The zero-order valence-corrected chi connectivity index (χ0v) is 11.4. The number of nitrogens with zero attached hydrogens (tertiary/aromatic N) is 2. The van der Waals surface area contributed by atoms with E-state index in [0.29, 0.717) is 32.5 Å². The molecule has 1 amide bonds. The van der Waals surface area contributed by atoms with E-state index >= 15 is 0 Å². The van der Waals surface area contributed by atoms with E-state index in [2.05, 4.69) is 0 Å². The van der Waals surface area contributed by atoms with Crippen molar-refractivity contribution in [2.75, 3.05) is 25.9 Å². The van der Waals surface area contributed by atoms with Gasteiger partial charge in [-0.05, 0) is 19.3 Å². The summed E-state index contributed by atoms with van der Waals surface area (Å²) >= 11 is 0. The maximum absolute atomic E-state index is 12.3. The maximum atomic E-state index is 12.3. The van der Waals surface area contributed by atoms with E-state index in [1.165, 1.54) is 4.31 Å². The lowest BCUT2D eigenvalue weighted by Gasteiger charge is -2.34. The van der Waals surface area contributed by atoms with Crippen molar-refractivity contribution in [2.45, 2.75) is 37.8 Å². The summed E-state index contributed by atoms with van der Waals surface area (Å²) in [6.07, 6.45) is 3.52. The highest BCUT2D eigenvalue weighted by Crippen LogP contribution is 2.23. The molecule has 6 nitrogen and oxygen atoms in total. The molecule has 1 N–H and O–H groups in total. The van der Waals surface area contributed by atoms with E-state index in [9.17, 15) is 18.3 Å². The van der Waals surface area contributed by atoms with Crippen LogP contribution in [0.25, 0.3) is 0 Å². The van der Waals surface area contributed by atoms with E-state index in [-0.39, 0.29) is 5.91 Å². The molecule has 2 aliphatic rings. The third-order valence-corrected chi connectivity index (χ3v) is 4.93. The number of hydrogen-bond donors (Lipinski definition) is 1. The molecule has 0 saturated carbocycles. The van der Waals surface area contributed by atoms with Crippen LogP contribution in [-0.2, 0) is 14.8 Å². The zero-order chi connectivity index (χ0) is 13.3. The Morgan fingerprint density at radius 2 is 1.94 bits per heavy atom. The number of piperidine rings is 1. The number of carbonyl (C=O) groups excluding carboxylic acids is 1. The highest BCUT2D eigenvalue weighted by Gasteiger charge is 2.38. The Bertz CT molecular complexity index is 423. The molecule has 2 fully saturated rings. The standard InChI is InChI=1S/C11H20N2O4S/c1-18(16,17)13-6-3-2-4-10(13)11(15)12-7-5-9(14)8-12/h9-10,14H,2-8H2,1H3/t9-,10?/m1/s1. The lowest BCUT2D eigenvalue weighted by molar-refractivity contribution is -0.135. The van der Waals surface area contributed by atoms with Gasteiger partial charge < -0.3 is 10.0 Å². The molecule has 1 unspecified atom stereocenters. The van der Waals surface area contributed by atoms with Crippen LogP contribution < -0.4 is 0 Å². The molecule has 2 rings (SSSR count). The van der Waals surface area contributed by atoms with Gasteiger partial charge in [-0.25, -0.2) is 8.42 Å². The zero-order valence-electron chi connectivity index (χ0n) is 10.6. The molecule has 104 valence electrons. The Morgan fingerprint density at radius 1 is 1.22 bits per heavy atom. The van der Waals surface area contributed by atoms with Crippen LogP contribution in [0.4, 0.5) is 0 Å². The first kappa shape index (κ1) is 13.8. The lowest BCUT2D eigenvalue weighted by atomic mass is 10.0. The highest BCUT2D eigenvalue weighted by atomic mass is 32.2. The molecule has 18 heavy (non-hydrogen) atoms. The average molecular weight is 276 g/mol. The molecule has 0 aromatic heterocycles. The minimum Gasteiger partial charge on any atom is -0.391 e. The first-order valence-corrected chi connectivity index (χ1v) is 8.18. The monoisotopic (exact) mass is 276 g/mol. The number of aliphatic hydroxyl groups excluding tert-OH is 1. The van der Waals surface area contributed by atoms with Gasteiger partial charge >= 0.3 is 0 Å². The summed E-state index contributed by atoms with van der Waals surface area (Å²) in [5, 5.41) is 9.45. The predicted molar refractivity (Wildman–Crippen MR) is 66.4 cm³/mol. The van der Waals surface area contributed by atoms with Gasteiger partial charge in [0.15, 0.2) is 0 Å². The molecular weight excluding hydrogens is 256 g/mol. The molecule has 0 aromatic rings. The van der Waals surface area contributed by atoms with Crippen LogP contribution in [0.5, 0.6) is 0 Å². The summed E-state index contributed by atoms with van der Waals surface area (Å²) in [4.78, 5) is 13.9. The van der Waals surface area contributed by atoms with Gasteiger partial charge in [-0.2, -0.15) is 4.31 Å². The van der Waals surface area contributed by atoms with Crippen molar-refractivity contribution in [1.29, 1.82) is 0 Å². The van der Waals surface area contributed by atoms with Gasteiger partial charge in [-0.3, -0.25) is 4.79 Å². The molecule has 2 heterocycles. The minimum absolute atomic E-state index is 0.156. The Morgan fingerprint density at radius 3 is 2.50 bits per heavy atom. The second kappa shape index (κ2) is 5.14.